The van der Waals surface area contributed by atoms with Crippen molar-refractivity contribution in [1.82, 2.24) is 25.3 Å². The SMILES string of the molecule is FC(F)(F)c1cnc(NC2CCCNC2)nc1-c1c[nH]c2cc(-c3ncco3)ccc12. The summed E-state index contributed by atoms with van der Waals surface area (Å²) in [5.74, 6) is 0.617. The molecule has 1 fully saturated rings. The Labute approximate surface area is 175 Å². The van der Waals surface area contributed by atoms with Gasteiger partial charge in [0, 0.05) is 47.0 Å². The lowest BCUT2D eigenvalue weighted by Gasteiger charge is -2.24. The molecule has 0 spiro atoms. The summed E-state index contributed by atoms with van der Waals surface area (Å²) in [5.41, 5.74) is 0.690. The van der Waals surface area contributed by atoms with Crippen LogP contribution in [0.25, 0.3) is 33.6 Å². The number of H-pyrrole nitrogens is 1. The Morgan fingerprint density at radius 3 is 2.84 bits per heavy atom. The molecule has 1 unspecified atom stereocenters. The van der Waals surface area contributed by atoms with Crippen LogP contribution < -0.4 is 10.6 Å². The van der Waals surface area contributed by atoms with Gasteiger partial charge in [-0.3, -0.25) is 0 Å². The standard InChI is InChI=1S/C21H19F3N6O/c22-21(23,24)16-11-28-20(29-13-2-1-5-25-9-13)30-18(16)15-10-27-17-8-12(3-4-14(15)17)19-26-6-7-31-19/h3-4,6-8,10-11,13,25,27H,1-2,5,9H2,(H,28,29,30). The molecule has 1 aromatic carbocycles. The number of rotatable bonds is 4. The highest BCUT2D eigenvalue weighted by atomic mass is 19.4. The molecule has 3 aromatic heterocycles. The largest absolute Gasteiger partial charge is 0.445 e. The summed E-state index contributed by atoms with van der Waals surface area (Å²) in [4.78, 5) is 15.4. The van der Waals surface area contributed by atoms with Gasteiger partial charge >= 0.3 is 6.18 Å². The summed E-state index contributed by atoms with van der Waals surface area (Å²) in [6, 6.07) is 5.35. The van der Waals surface area contributed by atoms with E-state index in [4.69, 9.17) is 4.42 Å². The summed E-state index contributed by atoms with van der Waals surface area (Å²) in [7, 11) is 0. The highest BCUT2D eigenvalue weighted by Gasteiger charge is 2.36. The third-order valence-corrected chi connectivity index (χ3v) is 5.34. The lowest BCUT2D eigenvalue weighted by molar-refractivity contribution is -0.137. The molecule has 3 N–H and O–H groups in total. The minimum absolute atomic E-state index is 0.0738. The Morgan fingerprint density at radius 2 is 2.10 bits per heavy atom. The van der Waals surface area contributed by atoms with Crippen molar-refractivity contribution >= 4 is 16.9 Å². The fourth-order valence-electron chi connectivity index (χ4n) is 3.84. The Bertz CT molecular complexity index is 1200. The van der Waals surface area contributed by atoms with Gasteiger partial charge < -0.3 is 20.0 Å². The van der Waals surface area contributed by atoms with E-state index in [0.29, 0.717) is 22.4 Å². The lowest BCUT2D eigenvalue weighted by atomic mass is 10.0. The van der Waals surface area contributed by atoms with Crippen LogP contribution in [0.4, 0.5) is 19.1 Å². The van der Waals surface area contributed by atoms with Gasteiger partial charge in [-0.15, -0.1) is 0 Å². The van der Waals surface area contributed by atoms with Gasteiger partial charge in [0.1, 0.15) is 11.8 Å². The highest BCUT2D eigenvalue weighted by molar-refractivity contribution is 5.97. The Balaban J connectivity index is 1.57. The van der Waals surface area contributed by atoms with Crippen LogP contribution in [-0.2, 0) is 6.18 Å². The third-order valence-electron chi connectivity index (χ3n) is 5.34. The van der Waals surface area contributed by atoms with Crippen molar-refractivity contribution in [2.75, 3.05) is 18.4 Å². The van der Waals surface area contributed by atoms with Gasteiger partial charge in [-0.05, 0) is 31.5 Å². The van der Waals surface area contributed by atoms with Crippen LogP contribution in [0, 0.1) is 0 Å². The number of fused-ring (bicyclic) bond motifs is 1. The predicted octanol–water partition coefficient (Wildman–Crippen LogP) is 4.46. The lowest BCUT2D eigenvalue weighted by Crippen LogP contribution is -2.38. The van der Waals surface area contributed by atoms with Crippen LogP contribution >= 0.6 is 0 Å². The monoisotopic (exact) mass is 428 g/mol. The van der Waals surface area contributed by atoms with E-state index in [9.17, 15) is 13.2 Å². The number of halogens is 3. The van der Waals surface area contributed by atoms with Crippen molar-refractivity contribution in [3.8, 4) is 22.7 Å². The maximum atomic E-state index is 13.7. The van der Waals surface area contributed by atoms with E-state index in [1.807, 2.05) is 0 Å². The first kappa shape index (κ1) is 19.6. The van der Waals surface area contributed by atoms with Crippen molar-refractivity contribution in [2.24, 2.45) is 0 Å². The van der Waals surface area contributed by atoms with Gasteiger partial charge in [0.25, 0.3) is 0 Å². The zero-order valence-corrected chi connectivity index (χ0v) is 16.3. The molecule has 1 saturated heterocycles. The predicted molar refractivity (Wildman–Crippen MR) is 109 cm³/mol. The minimum atomic E-state index is -4.58. The average molecular weight is 428 g/mol. The highest BCUT2D eigenvalue weighted by Crippen LogP contribution is 2.39. The van der Waals surface area contributed by atoms with Crippen LogP contribution in [-0.4, -0.2) is 39.1 Å². The number of oxazole rings is 1. The molecule has 0 saturated carbocycles. The van der Waals surface area contributed by atoms with Crippen molar-refractivity contribution in [3.63, 3.8) is 0 Å². The van der Waals surface area contributed by atoms with Crippen LogP contribution in [0.5, 0.6) is 0 Å². The second kappa shape index (κ2) is 7.69. The van der Waals surface area contributed by atoms with E-state index >= 15 is 0 Å². The summed E-state index contributed by atoms with van der Waals surface area (Å²) in [5, 5.41) is 7.03. The van der Waals surface area contributed by atoms with E-state index in [1.165, 1.54) is 18.7 Å². The van der Waals surface area contributed by atoms with Gasteiger partial charge in [0.05, 0.1) is 11.9 Å². The average Bonchev–Trinajstić information content (AvgIpc) is 3.43. The first-order chi connectivity index (χ1) is 15.0. The molecule has 10 heteroatoms. The Kier molecular flexibility index (Phi) is 4.85. The Hall–Kier alpha value is -3.40. The molecule has 7 nitrogen and oxygen atoms in total. The van der Waals surface area contributed by atoms with Crippen molar-refractivity contribution in [1.29, 1.82) is 0 Å². The maximum absolute atomic E-state index is 13.7. The molecule has 0 bridgehead atoms. The zero-order chi connectivity index (χ0) is 21.4. The maximum Gasteiger partial charge on any atom is 0.419 e. The quantitative estimate of drug-likeness (QED) is 0.445. The van der Waals surface area contributed by atoms with Crippen molar-refractivity contribution in [3.05, 3.63) is 48.6 Å². The molecule has 0 amide bonds. The molecular formula is C21H19F3N6O. The molecule has 160 valence electrons. The molecule has 4 aromatic rings. The number of alkyl halides is 3. The summed E-state index contributed by atoms with van der Waals surface area (Å²) >= 11 is 0. The second-order valence-electron chi connectivity index (χ2n) is 7.44. The van der Waals surface area contributed by atoms with Gasteiger partial charge in [-0.1, -0.05) is 6.07 Å². The molecule has 5 rings (SSSR count). The molecule has 0 radical (unpaired) electrons. The van der Waals surface area contributed by atoms with Crippen LogP contribution in [0.15, 0.2) is 47.5 Å². The smallest absolute Gasteiger partial charge is 0.419 e. The number of benzene rings is 1. The van der Waals surface area contributed by atoms with Gasteiger partial charge in [0.15, 0.2) is 0 Å². The van der Waals surface area contributed by atoms with Crippen LogP contribution in [0.2, 0.25) is 0 Å². The van der Waals surface area contributed by atoms with E-state index in [0.717, 1.165) is 37.7 Å². The van der Waals surface area contributed by atoms with E-state index in [-0.39, 0.29) is 17.7 Å². The van der Waals surface area contributed by atoms with Gasteiger partial charge in [0.2, 0.25) is 11.8 Å². The number of piperidine rings is 1. The number of nitrogens with zero attached hydrogens (tertiary/aromatic N) is 3. The number of aromatic amines is 1. The minimum Gasteiger partial charge on any atom is -0.445 e. The normalized spacial score (nSPS) is 17.2. The number of hydrogen-bond donors (Lipinski definition) is 3. The number of aromatic nitrogens is 4. The fraction of sp³-hybridized carbons (Fsp3) is 0.286. The first-order valence-corrected chi connectivity index (χ1v) is 9.92. The summed E-state index contributed by atoms with van der Waals surface area (Å²) in [6.07, 6.45) is 2.69. The Morgan fingerprint density at radius 1 is 1.19 bits per heavy atom. The molecule has 1 aliphatic heterocycles. The fourth-order valence-corrected chi connectivity index (χ4v) is 3.84. The molecule has 1 atom stereocenters. The first-order valence-electron chi connectivity index (χ1n) is 9.92. The summed E-state index contributed by atoms with van der Waals surface area (Å²) in [6.45, 7) is 1.65. The van der Waals surface area contributed by atoms with E-state index in [1.54, 1.807) is 18.2 Å². The summed E-state index contributed by atoms with van der Waals surface area (Å²) < 4.78 is 46.5. The topological polar surface area (TPSA) is 91.7 Å². The molecule has 31 heavy (non-hydrogen) atoms. The molecule has 4 heterocycles. The van der Waals surface area contributed by atoms with Crippen molar-refractivity contribution < 1.29 is 17.6 Å². The number of hydrogen-bond acceptors (Lipinski definition) is 6. The number of anilines is 1. The number of nitrogens with one attached hydrogen (secondary N) is 3. The molecular weight excluding hydrogens is 409 g/mol. The molecule has 1 aliphatic rings. The molecule has 0 aliphatic carbocycles. The van der Waals surface area contributed by atoms with Gasteiger partial charge in [-0.25, -0.2) is 15.0 Å². The van der Waals surface area contributed by atoms with Crippen molar-refractivity contribution in [2.45, 2.75) is 25.1 Å². The zero-order valence-electron chi connectivity index (χ0n) is 16.3. The van der Waals surface area contributed by atoms with E-state index < -0.39 is 11.7 Å². The van der Waals surface area contributed by atoms with Crippen LogP contribution in [0.1, 0.15) is 18.4 Å². The van der Waals surface area contributed by atoms with E-state index in [2.05, 4.69) is 30.6 Å². The second-order valence-corrected chi connectivity index (χ2v) is 7.44. The third kappa shape index (κ3) is 3.86. The van der Waals surface area contributed by atoms with Gasteiger partial charge in [-0.2, -0.15) is 13.2 Å². The van der Waals surface area contributed by atoms with Crippen LogP contribution in [0.3, 0.4) is 0 Å².